The fourth-order valence-corrected chi connectivity index (χ4v) is 1.39. The van der Waals surface area contributed by atoms with Crippen molar-refractivity contribution in [1.82, 2.24) is 0 Å². The Hall–Kier alpha value is -1.57. The molecule has 0 fully saturated rings. The van der Waals surface area contributed by atoms with Gasteiger partial charge in [-0.15, -0.1) is 0 Å². The number of benzene rings is 1. The standard InChI is InChI=1S/C14H18O2/c1-4-9-16-14(15)10-12-5-7-13(8-6-12)11(2)3/h4-8,11H,1,9-10H2,2-3H3. The van der Waals surface area contributed by atoms with E-state index in [2.05, 4.69) is 32.6 Å². The van der Waals surface area contributed by atoms with E-state index >= 15 is 0 Å². The van der Waals surface area contributed by atoms with E-state index in [-0.39, 0.29) is 12.6 Å². The number of rotatable bonds is 5. The largest absolute Gasteiger partial charge is 0.461 e. The minimum Gasteiger partial charge on any atom is -0.461 e. The molecular weight excluding hydrogens is 200 g/mol. The lowest BCUT2D eigenvalue weighted by atomic mass is 10.0. The topological polar surface area (TPSA) is 26.3 Å². The van der Waals surface area contributed by atoms with Gasteiger partial charge in [0.05, 0.1) is 6.42 Å². The molecule has 0 spiro atoms. The van der Waals surface area contributed by atoms with Crippen molar-refractivity contribution < 1.29 is 9.53 Å². The van der Waals surface area contributed by atoms with Gasteiger partial charge < -0.3 is 4.74 Å². The molecule has 2 nitrogen and oxygen atoms in total. The zero-order valence-electron chi connectivity index (χ0n) is 9.90. The third kappa shape index (κ3) is 3.89. The van der Waals surface area contributed by atoms with E-state index in [1.807, 2.05) is 12.1 Å². The number of ether oxygens (including phenoxy) is 1. The van der Waals surface area contributed by atoms with Crippen LogP contribution in [0.15, 0.2) is 36.9 Å². The first-order chi connectivity index (χ1) is 7.63. The molecular formula is C14H18O2. The van der Waals surface area contributed by atoms with Crippen molar-refractivity contribution in [3.63, 3.8) is 0 Å². The maximum Gasteiger partial charge on any atom is 0.310 e. The second kappa shape index (κ2) is 6.11. The highest BCUT2D eigenvalue weighted by atomic mass is 16.5. The van der Waals surface area contributed by atoms with Crippen molar-refractivity contribution in [3.05, 3.63) is 48.0 Å². The quantitative estimate of drug-likeness (QED) is 0.561. The first-order valence-electron chi connectivity index (χ1n) is 5.49. The van der Waals surface area contributed by atoms with Crippen LogP contribution < -0.4 is 0 Å². The fraction of sp³-hybridized carbons (Fsp3) is 0.357. The highest BCUT2D eigenvalue weighted by Gasteiger charge is 2.04. The molecule has 0 bridgehead atoms. The summed E-state index contributed by atoms with van der Waals surface area (Å²) < 4.78 is 4.92. The number of esters is 1. The lowest BCUT2D eigenvalue weighted by molar-refractivity contribution is -0.141. The van der Waals surface area contributed by atoms with Gasteiger partial charge in [-0.25, -0.2) is 0 Å². The molecule has 0 saturated carbocycles. The van der Waals surface area contributed by atoms with Crippen LogP contribution in [0.4, 0.5) is 0 Å². The van der Waals surface area contributed by atoms with Gasteiger partial charge >= 0.3 is 5.97 Å². The Labute approximate surface area is 96.9 Å². The van der Waals surface area contributed by atoms with Crippen LogP contribution in [-0.2, 0) is 16.0 Å². The molecule has 1 rings (SSSR count). The Bertz CT molecular complexity index is 350. The fourth-order valence-electron chi connectivity index (χ4n) is 1.39. The smallest absolute Gasteiger partial charge is 0.310 e. The summed E-state index contributed by atoms with van der Waals surface area (Å²) in [5.41, 5.74) is 2.27. The highest BCUT2D eigenvalue weighted by molar-refractivity contribution is 5.72. The number of carbonyl (C=O) groups excluding carboxylic acids is 1. The normalized spacial score (nSPS) is 10.2. The summed E-state index contributed by atoms with van der Waals surface area (Å²) in [5.74, 6) is 0.305. The van der Waals surface area contributed by atoms with Gasteiger partial charge in [0.15, 0.2) is 0 Å². The third-order valence-corrected chi connectivity index (χ3v) is 2.36. The zero-order valence-corrected chi connectivity index (χ0v) is 9.90. The van der Waals surface area contributed by atoms with Gasteiger partial charge in [0.2, 0.25) is 0 Å². The van der Waals surface area contributed by atoms with Crippen molar-refractivity contribution in [2.45, 2.75) is 26.2 Å². The Morgan fingerprint density at radius 2 is 2.00 bits per heavy atom. The van der Waals surface area contributed by atoms with Gasteiger partial charge in [0.1, 0.15) is 6.61 Å². The van der Waals surface area contributed by atoms with Crippen LogP contribution in [0.3, 0.4) is 0 Å². The number of hydrogen-bond donors (Lipinski definition) is 0. The van der Waals surface area contributed by atoms with Gasteiger partial charge in [-0.05, 0) is 17.0 Å². The molecule has 0 aliphatic carbocycles. The maximum atomic E-state index is 11.3. The molecule has 2 heteroatoms. The van der Waals surface area contributed by atoms with E-state index in [1.165, 1.54) is 5.56 Å². The molecule has 0 heterocycles. The Morgan fingerprint density at radius 3 is 2.50 bits per heavy atom. The lowest BCUT2D eigenvalue weighted by Crippen LogP contribution is -2.07. The molecule has 0 aromatic heterocycles. The molecule has 86 valence electrons. The van der Waals surface area contributed by atoms with E-state index in [1.54, 1.807) is 6.08 Å². The maximum absolute atomic E-state index is 11.3. The molecule has 16 heavy (non-hydrogen) atoms. The van der Waals surface area contributed by atoms with Crippen molar-refractivity contribution >= 4 is 5.97 Å². The van der Waals surface area contributed by atoms with Crippen molar-refractivity contribution in [3.8, 4) is 0 Å². The van der Waals surface area contributed by atoms with Gasteiger partial charge in [-0.2, -0.15) is 0 Å². The summed E-state index contributed by atoms with van der Waals surface area (Å²) >= 11 is 0. The van der Waals surface area contributed by atoms with Gasteiger partial charge in [0.25, 0.3) is 0 Å². The average molecular weight is 218 g/mol. The van der Waals surface area contributed by atoms with Crippen LogP contribution in [0.5, 0.6) is 0 Å². The van der Waals surface area contributed by atoms with Crippen LogP contribution in [0.1, 0.15) is 30.9 Å². The van der Waals surface area contributed by atoms with Crippen molar-refractivity contribution in [2.75, 3.05) is 6.61 Å². The highest BCUT2D eigenvalue weighted by Crippen LogP contribution is 2.15. The molecule has 0 saturated heterocycles. The first-order valence-corrected chi connectivity index (χ1v) is 5.49. The molecule has 0 unspecified atom stereocenters. The Kier molecular flexibility index (Phi) is 4.77. The van der Waals surface area contributed by atoms with Gasteiger partial charge in [-0.3, -0.25) is 4.79 Å². The van der Waals surface area contributed by atoms with Crippen LogP contribution in [-0.4, -0.2) is 12.6 Å². The second-order valence-electron chi connectivity index (χ2n) is 4.04. The Morgan fingerprint density at radius 1 is 1.38 bits per heavy atom. The summed E-state index contributed by atoms with van der Waals surface area (Å²) in [5, 5.41) is 0. The van der Waals surface area contributed by atoms with E-state index in [0.29, 0.717) is 12.3 Å². The van der Waals surface area contributed by atoms with E-state index < -0.39 is 0 Å². The SMILES string of the molecule is C=CCOC(=O)Cc1ccc(C(C)C)cc1. The predicted octanol–water partition coefficient (Wildman–Crippen LogP) is 3.08. The lowest BCUT2D eigenvalue weighted by Gasteiger charge is -2.06. The minimum absolute atomic E-state index is 0.211. The summed E-state index contributed by atoms with van der Waals surface area (Å²) in [6.07, 6.45) is 1.89. The first kappa shape index (κ1) is 12.5. The monoisotopic (exact) mass is 218 g/mol. The molecule has 0 N–H and O–H groups in total. The minimum atomic E-state index is -0.211. The summed E-state index contributed by atoms with van der Waals surface area (Å²) in [6.45, 7) is 8.07. The Balaban J connectivity index is 2.54. The molecule has 0 amide bonds. The third-order valence-electron chi connectivity index (χ3n) is 2.36. The van der Waals surface area contributed by atoms with Crippen LogP contribution in [0.2, 0.25) is 0 Å². The van der Waals surface area contributed by atoms with E-state index in [0.717, 1.165) is 5.56 Å². The average Bonchev–Trinajstić information content (AvgIpc) is 2.27. The van der Waals surface area contributed by atoms with Crippen molar-refractivity contribution in [2.24, 2.45) is 0 Å². The zero-order chi connectivity index (χ0) is 12.0. The summed E-state index contributed by atoms with van der Waals surface area (Å²) in [7, 11) is 0. The molecule has 0 atom stereocenters. The van der Waals surface area contributed by atoms with Crippen LogP contribution in [0.25, 0.3) is 0 Å². The molecule has 1 aromatic carbocycles. The van der Waals surface area contributed by atoms with E-state index in [4.69, 9.17) is 4.74 Å². The molecule has 0 aliphatic heterocycles. The van der Waals surface area contributed by atoms with E-state index in [9.17, 15) is 4.79 Å². The number of hydrogen-bond acceptors (Lipinski definition) is 2. The number of carbonyl (C=O) groups is 1. The predicted molar refractivity (Wildman–Crippen MR) is 65.4 cm³/mol. The van der Waals surface area contributed by atoms with Crippen LogP contribution >= 0.6 is 0 Å². The second-order valence-corrected chi connectivity index (χ2v) is 4.04. The van der Waals surface area contributed by atoms with Crippen LogP contribution in [0, 0.1) is 0 Å². The van der Waals surface area contributed by atoms with Gasteiger partial charge in [0, 0.05) is 0 Å². The molecule has 0 aliphatic rings. The summed E-state index contributed by atoms with van der Waals surface area (Å²) in [4.78, 5) is 11.3. The summed E-state index contributed by atoms with van der Waals surface area (Å²) in [6, 6.07) is 8.07. The van der Waals surface area contributed by atoms with Gasteiger partial charge in [-0.1, -0.05) is 50.8 Å². The van der Waals surface area contributed by atoms with Crippen molar-refractivity contribution in [1.29, 1.82) is 0 Å². The molecule has 1 aromatic rings. The molecule has 0 radical (unpaired) electrons.